The Kier molecular flexibility index (Phi) is 3.13. The molecule has 82 valence electrons. The van der Waals surface area contributed by atoms with Gasteiger partial charge in [-0.2, -0.15) is 0 Å². The van der Waals surface area contributed by atoms with Gasteiger partial charge in [0.1, 0.15) is 0 Å². The first-order valence-corrected chi connectivity index (χ1v) is 6.03. The summed E-state index contributed by atoms with van der Waals surface area (Å²) >= 11 is 0. The smallest absolute Gasteiger partial charge is 0.0537 e. The molecular weight excluding hydrogens is 174 g/mol. The predicted octanol–water partition coefficient (Wildman–Crippen LogP) is 2.05. The number of fused-ring (bicyclic) bond motifs is 2. The molecule has 0 radical (unpaired) electrons. The zero-order valence-corrected chi connectivity index (χ0v) is 9.51. The summed E-state index contributed by atoms with van der Waals surface area (Å²) < 4.78 is 5.69. The standard InChI is InChI=1S/C12H23NO/c1-3-14-9-12(8-13-2)7-10-4-5-11(12)6-10/h10-11,13H,3-9H2,1-2H3. The van der Waals surface area contributed by atoms with Gasteiger partial charge in [-0.15, -0.1) is 0 Å². The second-order valence-corrected chi connectivity index (χ2v) is 5.11. The second-order valence-electron chi connectivity index (χ2n) is 5.11. The molecule has 2 nitrogen and oxygen atoms in total. The molecule has 0 aromatic rings. The Morgan fingerprint density at radius 2 is 2.29 bits per heavy atom. The summed E-state index contributed by atoms with van der Waals surface area (Å²) in [5.74, 6) is 1.94. The minimum absolute atomic E-state index is 0.480. The van der Waals surface area contributed by atoms with Crippen LogP contribution in [0, 0.1) is 17.3 Å². The average Bonchev–Trinajstić information content (AvgIpc) is 2.75. The van der Waals surface area contributed by atoms with Gasteiger partial charge >= 0.3 is 0 Å². The van der Waals surface area contributed by atoms with Gasteiger partial charge in [0.25, 0.3) is 0 Å². The van der Waals surface area contributed by atoms with Crippen LogP contribution in [-0.2, 0) is 4.74 Å². The maximum Gasteiger partial charge on any atom is 0.0537 e. The molecule has 2 aliphatic carbocycles. The first-order valence-electron chi connectivity index (χ1n) is 6.03. The van der Waals surface area contributed by atoms with Crippen LogP contribution >= 0.6 is 0 Å². The molecule has 0 heterocycles. The highest BCUT2D eigenvalue weighted by Gasteiger charge is 2.50. The van der Waals surface area contributed by atoms with E-state index in [-0.39, 0.29) is 0 Å². The van der Waals surface area contributed by atoms with Crippen LogP contribution in [0.2, 0.25) is 0 Å². The molecule has 2 fully saturated rings. The molecule has 2 heteroatoms. The van der Waals surface area contributed by atoms with Gasteiger partial charge in [-0.05, 0) is 45.1 Å². The number of ether oxygens (including phenoxy) is 1. The van der Waals surface area contributed by atoms with Crippen molar-refractivity contribution < 1.29 is 4.74 Å². The van der Waals surface area contributed by atoms with E-state index in [9.17, 15) is 0 Å². The Balaban J connectivity index is 1.99. The summed E-state index contributed by atoms with van der Waals surface area (Å²) in [6, 6.07) is 0. The normalized spacial score (nSPS) is 40.7. The van der Waals surface area contributed by atoms with Gasteiger partial charge in [0.2, 0.25) is 0 Å². The summed E-state index contributed by atoms with van der Waals surface area (Å²) in [6.45, 7) is 5.09. The topological polar surface area (TPSA) is 21.3 Å². The number of rotatable bonds is 5. The van der Waals surface area contributed by atoms with Gasteiger partial charge in [-0.25, -0.2) is 0 Å². The lowest BCUT2D eigenvalue weighted by atomic mass is 9.73. The van der Waals surface area contributed by atoms with Crippen LogP contribution in [-0.4, -0.2) is 26.8 Å². The zero-order valence-electron chi connectivity index (χ0n) is 9.51. The summed E-state index contributed by atoms with van der Waals surface area (Å²) in [5, 5.41) is 3.36. The van der Waals surface area contributed by atoms with Gasteiger partial charge in [-0.3, -0.25) is 0 Å². The zero-order chi connectivity index (χ0) is 10.0. The number of nitrogens with one attached hydrogen (secondary N) is 1. The van der Waals surface area contributed by atoms with Crippen LogP contribution in [0.3, 0.4) is 0 Å². The highest BCUT2D eigenvalue weighted by atomic mass is 16.5. The third-order valence-electron chi connectivity index (χ3n) is 4.22. The molecule has 1 N–H and O–H groups in total. The second kappa shape index (κ2) is 4.19. The molecule has 2 rings (SSSR count). The fourth-order valence-corrected chi connectivity index (χ4v) is 3.66. The van der Waals surface area contributed by atoms with E-state index in [1.807, 2.05) is 0 Å². The average molecular weight is 197 g/mol. The highest BCUT2D eigenvalue weighted by Crippen LogP contribution is 2.55. The predicted molar refractivity (Wildman–Crippen MR) is 58.3 cm³/mol. The minimum atomic E-state index is 0.480. The fraction of sp³-hybridized carbons (Fsp3) is 1.00. The van der Waals surface area contributed by atoms with Crippen molar-refractivity contribution >= 4 is 0 Å². The van der Waals surface area contributed by atoms with Crippen molar-refractivity contribution in [2.24, 2.45) is 17.3 Å². The van der Waals surface area contributed by atoms with Crippen LogP contribution in [0.4, 0.5) is 0 Å². The molecule has 0 aromatic carbocycles. The summed E-state index contributed by atoms with van der Waals surface area (Å²) in [5.41, 5.74) is 0.480. The maximum absolute atomic E-state index is 5.69. The van der Waals surface area contributed by atoms with Crippen molar-refractivity contribution in [2.45, 2.75) is 32.6 Å². The molecule has 14 heavy (non-hydrogen) atoms. The van der Waals surface area contributed by atoms with E-state index in [1.165, 1.54) is 25.7 Å². The van der Waals surface area contributed by atoms with Crippen molar-refractivity contribution in [1.29, 1.82) is 0 Å². The van der Waals surface area contributed by atoms with E-state index in [0.29, 0.717) is 5.41 Å². The largest absolute Gasteiger partial charge is 0.381 e. The summed E-state index contributed by atoms with van der Waals surface area (Å²) in [4.78, 5) is 0. The Morgan fingerprint density at radius 3 is 2.79 bits per heavy atom. The molecule has 2 saturated carbocycles. The van der Waals surface area contributed by atoms with Crippen LogP contribution in [0.1, 0.15) is 32.6 Å². The Hall–Kier alpha value is -0.0800. The third-order valence-corrected chi connectivity index (χ3v) is 4.22. The molecule has 3 unspecified atom stereocenters. The van der Waals surface area contributed by atoms with Crippen molar-refractivity contribution in [1.82, 2.24) is 5.32 Å². The third kappa shape index (κ3) is 1.70. The van der Waals surface area contributed by atoms with E-state index in [1.54, 1.807) is 0 Å². The molecule has 0 amide bonds. The molecule has 0 aliphatic heterocycles. The molecular formula is C12H23NO. The van der Waals surface area contributed by atoms with Crippen LogP contribution in [0.25, 0.3) is 0 Å². The number of hydrogen-bond acceptors (Lipinski definition) is 2. The molecule has 0 spiro atoms. The van der Waals surface area contributed by atoms with E-state index in [0.717, 1.165) is 31.6 Å². The lowest BCUT2D eigenvalue weighted by molar-refractivity contribution is 0.0151. The van der Waals surface area contributed by atoms with Gasteiger partial charge in [-0.1, -0.05) is 6.42 Å². The molecule has 3 atom stereocenters. The van der Waals surface area contributed by atoms with Crippen LogP contribution in [0.5, 0.6) is 0 Å². The molecule has 2 aliphatic rings. The monoisotopic (exact) mass is 197 g/mol. The summed E-state index contributed by atoms with van der Waals surface area (Å²) in [6.07, 6.45) is 5.79. The first kappa shape index (κ1) is 10.4. The van der Waals surface area contributed by atoms with E-state index >= 15 is 0 Å². The van der Waals surface area contributed by atoms with E-state index in [2.05, 4.69) is 19.3 Å². The molecule has 0 saturated heterocycles. The molecule has 2 bridgehead atoms. The van der Waals surface area contributed by atoms with E-state index in [4.69, 9.17) is 4.74 Å². The quantitative estimate of drug-likeness (QED) is 0.728. The Bertz CT molecular complexity index is 195. The van der Waals surface area contributed by atoms with Crippen molar-refractivity contribution in [3.63, 3.8) is 0 Å². The van der Waals surface area contributed by atoms with Crippen LogP contribution < -0.4 is 5.32 Å². The maximum atomic E-state index is 5.69. The van der Waals surface area contributed by atoms with Crippen molar-refractivity contribution in [3.8, 4) is 0 Å². The fourth-order valence-electron chi connectivity index (χ4n) is 3.66. The Morgan fingerprint density at radius 1 is 1.43 bits per heavy atom. The summed E-state index contributed by atoms with van der Waals surface area (Å²) in [7, 11) is 2.07. The Labute approximate surface area is 87.4 Å². The molecule has 0 aromatic heterocycles. The minimum Gasteiger partial charge on any atom is -0.381 e. The van der Waals surface area contributed by atoms with Gasteiger partial charge in [0.15, 0.2) is 0 Å². The lowest BCUT2D eigenvalue weighted by Crippen LogP contribution is -2.41. The van der Waals surface area contributed by atoms with E-state index < -0.39 is 0 Å². The van der Waals surface area contributed by atoms with Gasteiger partial charge in [0, 0.05) is 18.6 Å². The van der Waals surface area contributed by atoms with Gasteiger partial charge in [0.05, 0.1) is 6.61 Å². The van der Waals surface area contributed by atoms with Gasteiger partial charge < -0.3 is 10.1 Å². The highest BCUT2D eigenvalue weighted by molar-refractivity contribution is 5.01. The van der Waals surface area contributed by atoms with Crippen molar-refractivity contribution in [3.05, 3.63) is 0 Å². The van der Waals surface area contributed by atoms with Crippen LogP contribution in [0.15, 0.2) is 0 Å². The van der Waals surface area contributed by atoms with Crippen molar-refractivity contribution in [2.75, 3.05) is 26.8 Å². The number of hydrogen-bond donors (Lipinski definition) is 1. The SMILES string of the molecule is CCOCC1(CNC)CC2CCC1C2. The lowest BCUT2D eigenvalue weighted by Gasteiger charge is -2.37. The first-order chi connectivity index (χ1) is 6.80.